The van der Waals surface area contributed by atoms with E-state index in [1.165, 1.54) is 7.11 Å². The molecule has 1 unspecified atom stereocenters. The Labute approximate surface area is 121 Å². The molecule has 0 aliphatic carbocycles. The molecule has 0 aliphatic rings. The van der Waals surface area contributed by atoms with Crippen molar-refractivity contribution in [2.24, 2.45) is 0 Å². The third-order valence-electron chi connectivity index (χ3n) is 3.41. The second-order valence-electron chi connectivity index (χ2n) is 5.14. The third-order valence-corrected chi connectivity index (χ3v) is 3.41. The van der Waals surface area contributed by atoms with E-state index < -0.39 is 5.54 Å². The summed E-state index contributed by atoms with van der Waals surface area (Å²) in [7, 11) is 3.05. The monoisotopic (exact) mass is 279 g/mol. The second-order valence-corrected chi connectivity index (χ2v) is 5.14. The maximum atomic E-state index is 12.1. The molecule has 1 N–H and O–H groups in total. The van der Waals surface area contributed by atoms with E-state index in [2.05, 4.69) is 12.2 Å². The van der Waals surface area contributed by atoms with Crippen molar-refractivity contribution in [3.63, 3.8) is 0 Å². The first kappa shape index (κ1) is 16.3. The fraction of sp³-hybridized carbons (Fsp3) is 0.562. The van der Waals surface area contributed by atoms with Crippen molar-refractivity contribution in [3.05, 3.63) is 24.3 Å². The van der Waals surface area contributed by atoms with Gasteiger partial charge in [-0.1, -0.05) is 32.3 Å². The predicted molar refractivity (Wildman–Crippen MR) is 81.2 cm³/mol. The average molecular weight is 279 g/mol. The summed E-state index contributed by atoms with van der Waals surface area (Å²) in [6.45, 7) is 4.03. The summed E-state index contributed by atoms with van der Waals surface area (Å²) < 4.78 is 10.1. The number of nitrogens with one attached hydrogen (secondary N) is 1. The zero-order valence-corrected chi connectivity index (χ0v) is 12.9. The molecule has 1 atom stereocenters. The second kappa shape index (κ2) is 7.78. The maximum absolute atomic E-state index is 12.1. The summed E-state index contributed by atoms with van der Waals surface area (Å²) in [5.74, 6) is 0.521. The van der Waals surface area contributed by atoms with Gasteiger partial charge in [0.1, 0.15) is 11.3 Å². The summed E-state index contributed by atoms with van der Waals surface area (Å²) in [6.07, 6.45) is 3.95. The van der Waals surface area contributed by atoms with Crippen LogP contribution in [0.1, 0.15) is 39.5 Å². The highest BCUT2D eigenvalue weighted by atomic mass is 16.5. The zero-order chi connectivity index (χ0) is 15.0. The van der Waals surface area contributed by atoms with Crippen molar-refractivity contribution >= 4 is 11.7 Å². The summed E-state index contributed by atoms with van der Waals surface area (Å²) in [4.78, 5) is 12.1. The number of hydrogen-bond acceptors (Lipinski definition) is 4. The highest BCUT2D eigenvalue weighted by Crippen LogP contribution is 2.25. The van der Waals surface area contributed by atoms with E-state index in [-0.39, 0.29) is 5.97 Å². The predicted octanol–water partition coefficient (Wildman–Crippen LogP) is 3.62. The van der Waals surface area contributed by atoms with Gasteiger partial charge in [0.15, 0.2) is 0 Å². The number of methoxy groups -OCH3 is 2. The number of anilines is 1. The summed E-state index contributed by atoms with van der Waals surface area (Å²) in [5.41, 5.74) is 0.143. The minimum Gasteiger partial charge on any atom is -0.497 e. The lowest BCUT2D eigenvalue weighted by Gasteiger charge is -2.29. The highest BCUT2D eigenvalue weighted by molar-refractivity contribution is 5.84. The van der Waals surface area contributed by atoms with Crippen LogP contribution in [-0.4, -0.2) is 25.7 Å². The molecule has 0 fully saturated rings. The minimum absolute atomic E-state index is 0.239. The number of esters is 1. The zero-order valence-electron chi connectivity index (χ0n) is 12.9. The Morgan fingerprint density at radius 2 is 2.05 bits per heavy atom. The number of ether oxygens (including phenoxy) is 2. The Hall–Kier alpha value is -1.71. The lowest BCUT2D eigenvalue weighted by molar-refractivity contribution is -0.145. The molecule has 0 bridgehead atoms. The van der Waals surface area contributed by atoms with Crippen LogP contribution in [0.15, 0.2) is 24.3 Å². The van der Waals surface area contributed by atoms with E-state index in [0.717, 1.165) is 37.1 Å². The number of carbonyl (C=O) groups excluding carboxylic acids is 1. The molecule has 4 heteroatoms. The molecule has 0 saturated heterocycles. The molecular weight excluding hydrogens is 254 g/mol. The fourth-order valence-electron chi connectivity index (χ4n) is 2.19. The molecule has 0 amide bonds. The summed E-state index contributed by atoms with van der Waals surface area (Å²) in [6, 6.07) is 7.56. The van der Waals surface area contributed by atoms with Gasteiger partial charge in [-0.25, -0.2) is 4.79 Å². The molecule has 112 valence electrons. The van der Waals surface area contributed by atoms with Crippen molar-refractivity contribution in [2.45, 2.75) is 45.1 Å². The maximum Gasteiger partial charge on any atom is 0.331 e. The normalized spacial score (nSPS) is 13.4. The van der Waals surface area contributed by atoms with E-state index in [4.69, 9.17) is 9.47 Å². The van der Waals surface area contributed by atoms with Gasteiger partial charge in [0.2, 0.25) is 0 Å². The van der Waals surface area contributed by atoms with Crippen LogP contribution in [0.5, 0.6) is 5.75 Å². The molecular formula is C16H25NO3. The van der Waals surface area contributed by atoms with E-state index in [1.807, 2.05) is 31.2 Å². The minimum atomic E-state index is -0.712. The Balaban J connectivity index is 2.84. The van der Waals surface area contributed by atoms with Gasteiger partial charge in [-0.05, 0) is 25.5 Å². The molecule has 20 heavy (non-hydrogen) atoms. The molecule has 0 aromatic heterocycles. The standard InChI is InChI=1S/C16H25NO3/c1-5-6-7-11-16(2,15(18)20-4)17-13-9-8-10-14(12-13)19-3/h8-10,12,17H,5-7,11H2,1-4H3. The topological polar surface area (TPSA) is 47.6 Å². The smallest absolute Gasteiger partial charge is 0.331 e. The van der Waals surface area contributed by atoms with Crippen LogP contribution in [0.4, 0.5) is 5.69 Å². The van der Waals surface area contributed by atoms with Crippen LogP contribution >= 0.6 is 0 Å². The molecule has 0 spiro atoms. The number of hydrogen-bond donors (Lipinski definition) is 1. The summed E-state index contributed by atoms with van der Waals surface area (Å²) in [5, 5.41) is 3.29. The van der Waals surface area contributed by atoms with Crippen LogP contribution in [0.3, 0.4) is 0 Å². The van der Waals surface area contributed by atoms with Gasteiger partial charge in [0, 0.05) is 11.8 Å². The van der Waals surface area contributed by atoms with E-state index >= 15 is 0 Å². The van der Waals surface area contributed by atoms with Crippen LogP contribution in [-0.2, 0) is 9.53 Å². The van der Waals surface area contributed by atoms with Gasteiger partial charge in [-0.3, -0.25) is 0 Å². The highest BCUT2D eigenvalue weighted by Gasteiger charge is 2.33. The first-order valence-electron chi connectivity index (χ1n) is 7.06. The van der Waals surface area contributed by atoms with Crippen LogP contribution < -0.4 is 10.1 Å². The van der Waals surface area contributed by atoms with Gasteiger partial charge in [0.05, 0.1) is 14.2 Å². The van der Waals surface area contributed by atoms with Gasteiger partial charge in [-0.15, -0.1) is 0 Å². The third kappa shape index (κ3) is 4.44. The van der Waals surface area contributed by atoms with E-state index in [1.54, 1.807) is 7.11 Å². The largest absolute Gasteiger partial charge is 0.497 e. The first-order chi connectivity index (χ1) is 9.55. The van der Waals surface area contributed by atoms with Crippen LogP contribution in [0.25, 0.3) is 0 Å². The quantitative estimate of drug-likeness (QED) is 0.583. The Morgan fingerprint density at radius 1 is 1.30 bits per heavy atom. The Bertz CT molecular complexity index is 433. The lowest BCUT2D eigenvalue weighted by Crippen LogP contribution is -2.44. The van der Waals surface area contributed by atoms with E-state index in [9.17, 15) is 4.79 Å². The molecule has 1 aromatic rings. The van der Waals surface area contributed by atoms with Gasteiger partial charge in [-0.2, -0.15) is 0 Å². The average Bonchev–Trinajstić information content (AvgIpc) is 2.46. The Morgan fingerprint density at radius 3 is 2.65 bits per heavy atom. The van der Waals surface area contributed by atoms with Gasteiger partial charge < -0.3 is 14.8 Å². The van der Waals surface area contributed by atoms with Crippen molar-refractivity contribution in [1.82, 2.24) is 0 Å². The SMILES string of the molecule is CCCCCC(C)(Nc1cccc(OC)c1)C(=O)OC. The van der Waals surface area contributed by atoms with Crippen molar-refractivity contribution < 1.29 is 14.3 Å². The number of carbonyl (C=O) groups is 1. The lowest BCUT2D eigenvalue weighted by atomic mass is 9.94. The van der Waals surface area contributed by atoms with Crippen molar-refractivity contribution in [1.29, 1.82) is 0 Å². The molecule has 1 rings (SSSR count). The molecule has 0 aliphatic heterocycles. The molecule has 1 aromatic carbocycles. The molecule has 4 nitrogen and oxygen atoms in total. The van der Waals surface area contributed by atoms with Crippen LogP contribution in [0.2, 0.25) is 0 Å². The van der Waals surface area contributed by atoms with Crippen molar-refractivity contribution in [3.8, 4) is 5.75 Å². The van der Waals surface area contributed by atoms with E-state index in [0.29, 0.717) is 0 Å². The van der Waals surface area contributed by atoms with Crippen LogP contribution in [0, 0.1) is 0 Å². The first-order valence-corrected chi connectivity index (χ1v) is 7.06. The summed E-state index contributed by atoms with van der Waals surface area (Å²) >= 11 is 0. The van der Waals surface area contributed by atoms with Crippen molar-refractivity contribution in [2.75, 3.05) is 19.5 Å². The number of benzene rings is 1. The molecule has 0 saturated carbocycles. The number of unbranched alkanes of at least 4 members (excludes halogenated alkanes) is 2. The fourth-order valence-corrected chi connectivity index (χ4v) is 2.19. The molecule has 0 heterocycles. The molecule has 0 radical (unpaired) electrons. The van der Waals surface area contributed by atoms with Gasteiger partial charge >= 0.3 is 5.97 Å². The Kier molecular flexibility index (Phi) is 6.36. The van der Waals surface area contributed by atoms with Gasteiger partial charge in [0.25, 0.3) is 0 Å². The number of rotatable bonds is 8.